The second-order valence-electron chi connectivity index (χ2n) is 4.51. The smallest absolute Gasteiger partial charge is 0.162 e. The van der Waals surface area contributed by atoms with E-state index >= 15 is 0 Å². The van der Waals surface area contributed by atoms with Gasteiger partial charge in [0.2, 0.25) is 0 Å². The van der Waals surface area contributed by atoms with E-state index in [9.17, 15) is 5.11 Å². The lowest BCUT2D eigenvalue weighted by Crippen LogP contribution is -2.00. The van der Waals surface area contributed by atoms with Crippen molar-refractivity contribution < 1.29 is 5.11 Å². The van der Waals surface area contributed by atoms with Crippen molar-refractivity contribution in [3.8, 4) is 28.4 Å². The SMILES string of the molecule is Nc1nc(-c2ccc(O)cc2)nc(-c2ccccc2)c1Br. The number of phenolic OH excluding ortho intramolecular Hbond substituents is 1. The summed E-state index contributed by atoms with van der Waals surface area (Å²) in [5.41, 5.74) is 8.47. The van der Waals surface area contributed by atoms with Crippen LogP contribution in [0.15, 0.2) is 59.1 Å². The summed E-state index contributed by atoms with van der Waals surface area (Å²) in [4.78, 5) is 8.88. The van der Waals surface area contributed by atoms with E-state index in [1.165, 1.54) is 0 Å². The molecule has 0 bridgehead atoms. The quantitative estimate of drug-likeness (QED) is 0.742. The summed E-state index contributed by atoms with van der Waals surface area (Å²) in [7, 11) is 0. The second kappa shape index (κ2) is 5.54. The highest BCUT2D eigenvalue weighted by molar-refractivity contribution is 9.10. The normalized spacial score (nSPS) is 10.5. The molecule has 3 N–H and O–H groups in total. The molecule has 0 fully saturated rings. The van der Waals surface area contributed by atoms with Gasteiger partial charge in [-0.15, -0.1) is 0 Å². The molecule has 5 heteroatoms. The summed E-state index contributed by atoms with van der Waals surface area (Å²) in [5, 5.41) is 9.36. The van der Waals surface area contributed by atoms with Crippen LogP contribution in [0, 0.1) is 0 Å². The van der Waals surface area contributed by atoms with Crippen LogP contribution in [0.25, 0.3) is 22.6 Å². The van der Waals surface area contributed by atoms with Gasteiger partial charge < -0.3 is 10.8 Å². The van der Waals surface area contributed by atoms with Crippen molar-refractivity contribution in [1.29, 1.82) is 0 Å². The van der Waals surface area contributed by atoms with Gasteiger partial charge >= 0.3 is 0 Å². The Balaban J connectivity index is 2.16. The summed E-state index contributed by atoms with van der Waals surface area (Å²) in [6.07, 6.45) is 0. The molecule has 2 aromatic carbocycles. The first-order chi connectivity index (χ1) is 10.1. The summed E-state index contributed by atoms with van der Waals surface area (Å²) in [6.45, 7) is 0. The number of phenols is 1. The average Bonchev–Trinajstić information content (AvgIpc) is 2.51. The number of rotatable bonds is 2. The van der Waals surface area contributed by atoms with Crippen LogP contribution in [0.1, 0.15) is 0 Å². The Morgan fingerprint density at radius 1 is 0.857 bits per heavy atom. The number of hydrogen-bond acceptors (Lipinski definition) is 4. The molecule has 104 valence electrons. The second-order valence-corrected chi connectivity index (χ2v) is 5.30. The predicted octanol–water partition coefficient (Wildman–Crippen LogP) is 3.86. The zero-order chi connectivity index (χ0) is 14.8. The standard InChI is InChI=1S/C16H12BrN3O/c17-13-14(10-4-2-1-3-5-10)19-16(20-15(13)18)11-6-8-12(21)9-7-11/h1-9,21H,(H2,18,19,20). The molecule has 21 heavy (non-hydrogen) atoms. The molecule has 0 spiro atoms. The minimum absolute atomic E-state index is 0.201. The van der Waals surface area contributed by atoms with Crippen molar-refractivity contribution in [3.63, 3.8) is 0 Å². The molecule has 0 atom stereocenters. The number of hydrogen-bond donors (Lipinski definition) is 2. The van der Waals surface area contributed by atoms with Crippen LogP contribution in [-0.2, 0) is 0 Å². The van der Waals surface area contributed by atoms with Gasteiger partial charge in [0.15, 0.2) is 5.82 Å². The third kappa shape index (κ3) is 2.73. The maximum absolute atomic E-state index is 9.36. The number of nitrogens with two attached hydrogens (primary N) is 1. The number of nitrogen functional groups attached to an aromatic ring is 1. The molecule has 0 aliphatic rings. The first-order valence-corrected chi connectivity index (χ1v) is 7.12. The molecule has 3 aromatic rings. The van der Waals surface area contributed by atoms with Crippen LogP contribution in [0.2, 0.25) is 0 Å². The van der Waals surface area contributed by atoms with E-state index in [0.29, 0.717) is 16.1 Å². The van der Waals surface area contributed by atoms with Gasteiger partial charge in [0.05, 0.1) is 10.2 Å². The highest BCUT2D eigenvalue weighted by Crippen LogP contribution is 2.32. The third-order valence-electron chi connectivity index (χ3n) is 3.05. The van der Waals surface area contributed by atoms with Crippen LogP contribution >= 0.6 is 15.9 Å². The third-order valence-corrected chi connectivity index (χ3v) is 3.83. The Morgan fingerprint density at radius 2 is 1.52 bits per heavy atom. The Kier molecular flexibility index (Phi) is 3.58. The van der Waals surface area contributed by atoms with Gasteiger partial charge in [-0.25, -0.2) is 9.97 Å². The van der Waals surface area contributed by atoms with E-state index < -0.39 is 0 Å². The minimum Gasteiger partial charge on any atom is -0.508 e. The highest BCUT2D eigenvalue weighted by Gasteiger charge is 2.13. The predicted molar refractivity (Wildman–Crippen MR) is 86.7 cm³/mol. The fraction of sp³-hybridized carbons (Fsp3) is 0. The number of aromatic hydroxyl groups is 1. The molecule has 0 aliphatic carbocycles. The average molecular weight is 342 g/mol. The number of aromatic nitrogens is 2. The van der Waals surface area contributed by atoms with E-state index in [1.54, 1.807) is 24.3 Å². The van der Waals surface area contributed by atoms with E-state index in [-0.39, 0.29) is 5.75 Å². The van der Waals surface area contributed by atoms with E-state index in [0.717, 1.165) is 16.8 Å². The molecule has 3 rings (SSSR count). The molecule has 1 aromatic heterocycles. The fourth-order valence-corrected chi connectivity index (χ4v) is 2.40. The summed E-state index contributed by atoms with van der Waals surface area (Å²) >= 11 is 3.45. The lowest BCUT2D eigenvalue weighted by molar-refractivity contribution is 0.475. The summed E-state index contributed by atoms with van der Waals surface area (Å²) in [5.74, 6) is 1.11. The van der Waals surface area contributed by atoms with Gasteiger partial charge in [0, 0.05) is 11.1 Å². The van der Waals surface area contributed by atoms with Gasteiger partial charge in [-0.05, 0) is 40.2 Å². The lowest BCUT2D eigenvalue weighted by Gasteiger charge is -2.09. The topological polar surface area (TPSA) is 72.0 Å². The summed E-state index contributed by atoms with van der Waals surface area (Å²) < 4.78 is 0.677. The molecule has 0 saturated carbocycles. The van der Waals surface area contributed by atoms with Crippen molar-refractivity contribution in [2.45, 2.75) is 0 Å². The van der Waals surface area contributed by atoms with Gasteiger partial charge in [0.25, 0.3) is 0 Å². The van der Waals surface area contributed by atoms with Crippen LogP contribution in [0.5, 0.6) is 5.75 Å². The number of halogens is 1. The Bertz CT molecular complexity index is 774. The van der Waals surface area contributed by atoms with Crippen molar-refractivity contribution in [2.24, 2.45) is 0 Å². The first kappa shape index (κ1) is 13.6. The summed E-state index contributed by atoms with van der Waals surface area (Å²) in [6, 6.07) is 16.5. The minimum atomic E-state index is 0.201. The first-order valence-electron chi connectivity index (χ1n) is 6.33. The number of benzene rings is 2. The van der Waals surface area contributed by atoms with E-state index in [1.807, 2.05) is 30.3 Å². The van der Waals surface area contributed by atoms with Crippen LogP contribution in [0.4, 0.5) is 5.82 Å². The van der Waals surface area contributed by atoms with E-state index in [2.05, 4.69) is 25.9 Å². The molecule has 0 radical (unpaired) electrons. The molecule has 1 heterocycles. The molecule has 0 aliphatic heterocycles. The van der Waals surface area contributed by atoms with Crippen molar-refractivity contribution in [2.75, 3.05) is 5.73 Å². The van der Waals surface area contributed by atoms with E-state index in [4.69, 9.17) is 5.73 Å². The van der Waals surface area contributed by atoms with Crippen LogP contribution in [0.3, 0.4) is 0 Å². The Hall–Kier alpha value is -2.40. The molecule has 0 saturated heterocycles. The van der Waals surface area contributed by atoms with Crippen molar-refractivity contribution >= 4 is 21.7 Å². The van der Waals surface area contributed by atoms with Gasteiger partial charge in [-0.2, -0.15) is 0 Å². The van der Waals surface area contributed by atoms with Crippen LogP contribution in [-0.4, -0.2) is 15.1 Å². The van der Waals surface area contributed by atoms with Crippen LogP contribution < -0.4 is 5.73 Å². The Labute approximate surface area is 130 Å². The van der Waals surface area contributed by atoms with Gasteiger partial charge in [-0.3, -0.25) is 0 Å². The monoisotopic (exact) mass is 341 g/mol. The van der Waals surface area contributed by atoms with Gasteiger partial charge in [-0.1, -0.05) is 30.3 Å². The molecule has 0 unspecified atom stereocenters. The zero-order valence-corrected chi connectivity index (χ0v) is 12.6. The molecule has 4 nitrogen and oxygen atoms in total. The van der Waals surface area contributed by atoms with Crippen molar-refractivity contribution in [3.05, 3.63) is 59.1 Å². The molecular formula is C16H12BrN3O. The van der Waals surface area contributed by atoms with Gasteiger partial charge in [0.1, 0.15) is 11.6 Å². The lowest BCUT2D eigenvalue weighted by atomic mass is 10.1. The maximum Gasteiger partial charge on any atom is 0.162 e. The highest BCUT2D eigenvalue weighted by atomic mass is 79.9. The molecule has 0 amide bonds. The fourth-order valence-electron chi connectivity index (χ4n) is 1.99. The molecular weight excluding hydrogens is 330 g/mol. The number of anilines is 1. The largest absolute Gasteiger partial charge is 0.508 e. The Morgan fingerprint density at radius 3 is 2.19 bits per heavy atom. The van der Waals surface area contributed by atoms with Crippen molar-refractivity contribution in [1.82, 2.24) is 9.97 Å². The maximum atomic E-state index is 9.36. The zero-order valence-electron chi connectivity index (χ0n) is 11.0. The number of nitrogens with zero attached hydrogens (tertiary/aromatic N) is 2.